The van der Waals surface area contributed by atoms with E-state index in [0.717, 1.165) is 39.1 Å². The molecule has 0 aliphatic carbocycles. The third kappa shape index (κ3) is 4.11. The summed E-state index contributed by atoms with van der Waals surface area (Å²) in [6.07, 6.45) is 9.02. The van der Waals surface area contributed by atoms with E-state index in [9.17, 15) is 4.79 Å². The van der Waals surface area contributed by atoms with Crippen molar-refractivity contribution in [2.24, 2.45) is 0 Å². The largest absolute Gasteiger partial charge is 0.368 e. The average Bonchev–Trinajstić information content (AvgIpc) is 3.46. The van der Waals surface area contributed by atoms with Crippen LogP contribution in [-0.2, 0) is 4.79 Å². The number of fused-ring (bicyclic) bond motifs is 3. The third-order valence-corrected chi connectivity index (χ3v) is 8.47. The summed E-state index contributed by atoms with van der Waals surface area (Å²) in [6, 6.07) is 20.2. The minimum atomic E-state index is -0.0194. The van der Waals surface area contributed by atoms with Gasteiger partial charge in [-0.3, -0.25) is 9.69 Å². The molecule has 1 aromatic heterocycles. The van der Waals surface area contributed by atoms with Crippen LogP contribution in [0.3, 0.4) is 0 Å². The highest BCUT2D eigenvalue weighted by molar-refractivity contribution is 5.92. The Bertz CT molecular complexity index is 1100. The second-order valence-corrected chi connectivity index (χ2v) is 10.4. The van der Waals surface area contributed by atoms with E-state index in [4.69, 9.17) is 0 Å². The van der Waals surface area contributed by atoms with Gasteiger partial charge in [0, 0.05) is 61.0 Å². The predicted octanol–water partition coefficient (Wildman–Crippen LogP) is 5.01. The average molecular weight is 457 g/mol. The Balaban J connectivity index is 1.12. The number of H-pyrrole nitrogens is 1. The van der Waals surface area contributed by atoms with Crippen LogP contribution in [0.2, 0.25) is 0 Å². The summed E-state index contributed by atoms with van der Waals surface area (Å²) < 4.78 is 0. The first kappa shape index (κ1) is 21.7. The molecule has 6 rings (SSSR count). The summed E-state index contributed by atoms with van der Waals surface area (Å²) in [5.74, 6) is 0.366. The Hall–Kier alpha value is -2.79. The van der Waals surface area contributed by atoms with Crippen molar-refractivity contribution in [3.8, 4) is 0 Å². The molecule has 3 aliphatic rings. The van der Waals surface area contributed by atoms with Crippen LogP contribution in [-0.4, -0.2) is 65.5 Å². The normalized spacial score (nSPS) is 24.0. The molecule has 5 nitrogen and oxygen atoms in total. The van der Waals surface area contributed by atoms with Crippen LogP contribution >= 0.6 is 0 Å². The second-order valence-electron chi connectivity index (χ2n) is 10.4. The Morgan fingerprint density at radius 2 is 1.65 bits per heavy atom. The van der Waals surface area contributed by atoms with E-state index in [1.807, 2.05) is 6.20 Å². The van der Waals surface area contributed by atoms with Crippen LogP contribution in [0.25, 0.3) is 10.9 Å². The fourth-order valence-electron chi connectivity index (χ4n) is 6.64. The van der Waals surface area contributed by atoms with Gasteiger partial charge in [0.25, 0.3) is 0 Å². The van der Waals surface area contributed by atoms with Gasteiger partial charge in [0.1, 0.15) is 0 Å². The van der Waals surface area contributed by atoms with Crippen molar-refractivity contribution in [2.75, 3.05) is 37.6 Å². The molecule has 3 saturated heterocycles. The van der Waals surface area contributed by atoms with Crippen LogP contribution < -0.4 is 4.90 Å². The molecule has 2 bridgehead atoms. The van der Waals surface area contributed by atoms with Crippen LogP contribution in [0, 0.1) is 0 Å². The van der Waals surface area contributed by atoms with Gasteiger partial charge < -0.3 is 14.8 Å². The van der Waals surface area contributed by atoms with Crippen molar-refractivity contribution in [3.63, 3.8) is 0 Å². The summed E-state index contributed by atoms with van der Waals surface area (Å²) in [5, 5.41) is 1.31. The van der Waals surface area contributed by atoms with Gasteiger partial charge in [0.05, 0.1) is 5.92 Å². The van der Waals surface area contributed by atoms with Crippen molar-refractivity contribution >= 4 is 22.5 Å². The Morgan fingerprint density at radius 3 is 2.41 bits per heavy atom. The summed E-state index contributed by atoms with van der Waals surface area (Å²) >= 11 is 0. The zero-order valence-corrected chi connectivity index (χ0v) is 20.0. The Labute approximate surface area is 202 Å². The molecule has 3 aliphatic heterocycles. The molecule has 3 fully saturated rings. The lowest BCUT2D eigenvalue weighted by Gasteiger charge is -2.39. The lowest BCUT2D eigenvalue weighted by molar-refractivity contribution is -0.137. The molecule has 34 heavy (non-hydrogen) atoms. The number of aromatic amines is 1. The molecule has 2 aromatic carbocycles. The number of nitrogens with zero attached hydrogens (tertiary/aromatic N) is 3. The molecule has 1 N–H and O–H groups in total. The number of piperazine rings is 1. The summed E-state index contributed by atoms with van der Waals surface area (Å²) in [7, 11) is 0. The number of carbonyl (C=O) groups is 1. The number of hydrogen-bond donors (Lipinski definition) is 1. The lowest BCUT2D eigenvalue weighted by Crippen LogP contribution is -2.48. The van der Waals surface area contributed by atoms with Gasteiger partial charge in [0.15, 0.2) is 0 Å². The van der Waals surface area contributed by atoms with E-state index in [2.05, 4.69) is 74.3 Å². The van der Waals surface area contributed by atoms with Gasteiger partial charge in [-0.25, -0.2) is 0 Å². The van der Waals surface area contributed by atoms with Gasteiger partial charge in [-0.2, -0.15) is 0 Å². The SMILES string of the molecule is O=C(C(CCN1CCN(c2cccc3[nH]ccc23)CC1)c1ccccc1)N1C2CCCC1CC2. The highest BCUT2D eigenvalue weighted by Gasteiger charge is 2.42. The van der Waals surface area contributed by atoms with Gasteiger partial charge in [-0.15, -0.1) is 0 Å². The zero-order valence-electron chi connectivity index (χ0n) is 20.0. The fourth-order valence-corrected chi connectivity index (χ4v) is 6.64. The van der Waals surface area contributed by atoms with Crippen LogP contribution in [0.15, 0.2) is 60.8 Å². The number of aromatic nitrogens is 1. The van der Waals surface area contributed by atoms with Crippen LogP contribution in [0.5, 0.6) is 0 Å². The number of amides is 1. The highest BCUT2D eigenvalue weighted by Crippen LogP contribution is 2.38. The molecule has 0 radical (unpaired) electrons. The number of rotatable bonds is 6. The van der Waals surface area contributed by atoms with Crippen molar-refractivity contribution in [1.82, 2.24) is 14.8 Å². The number of benzene rings is 2. The molecule has 178 valence electrons. The minimum absolute atomic E-state index is 0.0194. The molecule has 3 atom stereocenters. The predicted molar refractivity (Wildman–Crippen MR) is 138 cm³/mol. The summed E-state index contributed by atoms with van der Waals surface area (Å²) in [6.45, 7) is 5.14. The fraction of sp³-hybridized carbons (Fsp3) is 0.483. The smallest absolute Gasteiger partial charge is 0.230 e. The molecule has 3 aromatic rings. The van der Waals surface area contributed by atoms with Crippen molar-refractivity contribution in [1.29, 1.82) is 0 Å². The minimum Gasteiger partial charge on any atom is -0.368 e. The number of piperidine rings is 1. The monoisotopic (exact) mass is 456 g/mol. The van der Waals surface area contributed by atoms with Gasteiger partial charge in [-0.05, 0) is 68.8 Å². The molecule has 5 heteroatoms. The van der Waals surface area contributed by atoms with Gasteiger partial charge >= 0.3 is 0 Å². The maximum absolute atomic E-state index is 13.9. The number of carbonyl (C=O) groups excluding carboxylic acids is 1. The Kier molecular flexibility index (Phi) is 6.04. The maximum atomic E-state index is 13.9. The number of nitrogens with one attached hydrogen (secondary N) is 1. The molecule has 1 amide bonds. The van der Waals surface area contributed by atoms with Crippen molar-refractivity contribution in [2.45, 2.75) is 56.5 Å². The first-order valence-corrected chi connectivity index (χ1v) is 13.2. The van der Waals surface area contributed by atoms with E-state index < -0.39 is 0 Å². The summed E-state index contributed by atoms with van der Waals surface area (Å²) in [4.78, 5) is 24.6. The van der Waals surface area contributed by atoms with Crippen molar-refractivity contribution in [3.05, 3.63) is 66.4 Å². The maximum Gasteiger partial charge on any atom is 0.230 e. The van der Waals surface area contributed by atoms with Crippen LogP contribution in [0.4, 0.5) is 5.69 Å². The van der Waals surface area contributed by atoms with E-state index >= 15 is 0 Å². The number of anilines is 1. The number of hydrogen-bond acceptors (Lipinski definition) is 3. The van der Waals surface area contributed by atoms with Crippen LogP contribution in [0.1, 0.15) is 50.0 Å². The molecular weight excluding hydrogens is 420 g/mol. The van der Waals surface area contributed by atoms with E-state index in [1.165, 1.54) is 54.3 Å². The zero-order chi connectivity index (χ0) is 22.9. The topological polar surface area (TPSA) is 42.6 Å². The molecule has 0 saturated carbocycles. The van der Waals surface area contributed by atoms with E-state index in [1.54, 1.807) is 0 Å². The first-order chi connectivity index (χ1) is 16.8. The molecule has 0 spiro atoms. The first-order valence-electron chi connectivity index (χ1n) is 13.2. The molecular formula is C29H36N4O. The van der Waals surface area contributed by atoms with E-state index in [0.29, 0.717) is 18.0 Å². The lowest BCUT2D eigenvalue weighted by atomic mass is 9.91. The second kappa shape index (κ2) is 9.46. The van der Waals surface area contributed by atoms with Gasteiger partial charge in [0.2, 0.25) is 5.91 Å². The molecule has 4 heterocycles. The summed E-state index contributed by atoms with van der Waals surface area (Å²) in [5.41, 5.74) is 3.72. The van der Waals surface area contributed by atoms with Crippen molar-refractivity contribution < 1.29 is 4.79 Å². The molecule has 3 unspecified atom stereocenters. The standard InChI is InChI=1S/C29H36N4O/c34-29(33-23-8-4-9-24(33)13-12-23)25(22-6-2-1-3-7-22)15-17-31-18-20-32(21-19-31)28-11-5-10-27-26(28)14-16-30-27/h1-3,5-7,10-11,14,16,23-25,30H,4,8-9,12-13,15,17-21H2. The third-order valence-electron chi connectivity index (χ3n) is 8.47. The quantitative estimate of drug-likeness (QED) is 0.567. The highest BCUT2D eigenvalue weighted by atomic mass is 16.2. The van der Waals surface area contributed by atoms with E-state index in [-0.39, 0.29) is 5.92 Å². The Morgan fingerprint density at radius 1 is 0.882 bits per heavy atom. The van der Waals surface area contributed by atoms with Gasteiger partial charge in [-0.1, -0.05) is 36.4 Å².